The third kappa shape index (κ3) is 2.09. The van der Waals surface area contributed by atoms with Gasteiger partial charge >= 0.3 is 0 Å². The van der Waals surface area contributed by atoms with Gasteiger partial charge in [0.15, 0.2) is 11.6 Å². The molecule has 2 aromatic carbocycles. The molecule has 0 N–H and O–H groups in total. The molecule has 0 bridgehead atoms. The first-order valence-corrected chi connectivity index (χ1v) is 7.48. The number of carbonyl (C=O) groups is 2. The predicted molar refractivity (Wildman–Crippen MR) is 84.8 cm³/mol. The van der Waals surface area contributed by atoms with E-state index in [1.165, 1.54) is 18.2 Å². The van der Waals surface area contributed by atoms with Gasteiger partial charge in [0.05, 0.1) is 31.2 Å². The Morgan fingerprint density at radius 2 is 1.10 bits per heavy atom. The molecule has 0 heterocycles. The van der Waals surface area contributed by atoms with E-state index in [2.05, 4.69) is 0 Å². The van der Waals surface area contributed by atoms with Gasteiger partial charge < -0.3 is 0 Å². The Balaban J connectivity index is 2.44. The molecular formula is C14H3Cl5O2. The molecule has 3 rings (SSSR count). The van der Waals surface area contributed by atoms with Gasteiger partial charge in [-0.25, -0.2) is 0 Å². The Kier molecular flexibility index (Phi) is 3.71. The van der Waals surface area contributed by atoms with Crippen molar-refractivity contribution in [2.75, 3.05) is 0 Å². The minimum atomic E-state index is -0.465. The zero-order valence-electron chi connectivity index (χ0n) is 9.94. The van der Waals surface area contributed by atoms with E-state index in [9.17, 15) is 9.59 Å². The molecule has 0 saturated carbocycles. The average Bonchev–Trinajstić information content (AvgIpc) is 2.46. The van der Waals surface area contributed by atoms with Crippen LogP contribution in [0.2, 0.25) is 25.1 Å². The van der Waals surface area contributed by atoms with Crippen LogP contribution in [0.4, 0.5) is 0 Å². The van der Waals surface area contributed by atoms with Crippen molar-refractivity contribution in [3.05, 3.63) is 65.6 Å². The number of benzene rings is 2. The Labute approximate surface area is 144 Å². The third-order valence-electron chi connectivity index (χ3n) is 3.19. The molecule has 2 aromatic rings. The fraction of sp³-hybridized carbons (Fsp3) is 0. The van der Waals surface area contributed by atoms with Crippen molar-refractivity contribution in [1.29, 1.82) is 0 Å². The zero-order chi connectivity index (χ0) is 15.5. The summed E-state index contributed by atoms with van der Waals surface area (Å²) < 4.78 is 0. The van der Waals surface area contributed by atoms with Crippen molar-refractivity contribution >= 4 is 69.6 Å². The first kappa shape index (κ1) is 15.1. The van der Waals surface area contributed by atoms with Gasteiger partial charge in [-0.1, -0.05) is 58.0 Å². The normalized spacial score (nSPS) is 13.2. The van der Waals surface area contributed by atoms with E-state index in [1.54, 1.807) is 0 Å². The van der Waals surface area contributed by atoms with Gasteiger partial charge in [-0.05, 0) is 18.2 Å². The van der Waals surface area contributed by atoms with Gasteiger partial charge in [0.25, 0.3) is 0 Å². The molecule has 106 valence electrons. The summed E-state index contributed by atoms with van der Waals surface area (Å²) >= 11 is 29.9. The first-order valence-electron chi connectivity index (χ1n) is 5.59. The summed E-state index contributed by atoms with van der Waals surface area (Å²) in [6, 6.07) is 4.39. The summed E-state index contributed by atoms with van der Waals surface area (Å²) in [6.45, 7) is 0. The predicted octanol–water partition coefficient (Wildman–Crippen LogP) is 5.73. The van der Waals surface area contributed by atoms with E-state index >= 15 is 0 Å². The van der Waals surface area contributed by atoms with Crippen LogP contribution in [-0.4, -0.2) is 11.6 Å². The highest BCUT2D eigenvalue weighted by Crippen LogP contribution is 2.45. The van der Waals surface area contributed by atoms with E-state index in [1.807, 2.05) is 0 Å². The number of ketones is 2. The molecule has 7 heteroatoms. The second-order valence-electron chi connectivity index (χ2n) is 4.35. The molecule has 0 aromatic heterocycles. The number of rotatable bonds is 0. The Hall–Kier alpha value is -0.770. The van der Waals surface area contributed by atoms with E-state index in [0.29, 0.717) is 5.02 Å². The highest BCUT2D eigenvalue weighted by molar-refractivity contribution is 6.55. The number of fused-ring (bicyclic) bond motifs is 2. The second-order valence-corrected chi connectivity index (χ2v) is 6.30. The van der Waals surface area contributed by atoms with Gasteiger partial charge in [-0.3, -0.25) is 9.59 Å². The minimum absolute atomic E-state index is 0.0316. The van der Waals surface area contributed by atoms with Crippen LogP contribution in [0.25, 0.3) is 0 Å². The van der Waals surface area contributed by atoms with Crippen LogP contribution < -0.4 is 0 Å². The molecule has 0 aliphatic heterocycles. The van der Waals surface area contributed by atoms with Gasteiger partial charge in [0.1, 0.15) is 0 Å². The van der Waals surface area contributed by atoms with Crippen LogP contribution in [0.15, 0.2) is 18.2 Å². The SMILES string of the molecule is O=C1c2ccc(Cl)cc2C(=O)c2c(Cl)c(Cl)c(Cl)c(Cl)c21. The van der Waals surface area contributed by atoms with Crippen LogP contribution in [0.3, 0.4) is 0 Å². The van der Waals surface area contributed by atoms with Crippen molar-refractivity contribution < 1.29 is 9.59 Å². The maximum absolute atomic E-state index is 12.6. The Morgan fingerprint density at radius 1 is 0.619 bits per heavy atom. The Bertz CT molecular complexity index is 842. The molecule has 1 aliphatic rings. The molecule has 0 unspecified atom stereocenters. The lowest BCUT2D eigenvalue weighted by Gasteiger charge is -2.21. The molecule has 0 spiro atoms. The van der Waals surface area contributed by atoms with Crippen LogP contribution in [0, 0.1) is 0 Å². The molecule has 0 saturated heterocycles. The lowest BCUT2D eigenvalue weighted by molar-refractivity contribution is 0.0979. The lowest BCUT2D eigenvalue weighted by Crippen LogP contribution is -2.22. The highest BCUT2D eigenvalue weighted by atomic mass is 35.5. The summed E-state index contributed by atoms with van der Waals surface area (Å²) in [7, 11) is 0. The van der Waals surface area contributed by atoms with Crippen molar-refractivity contribution in [3.8, 4) is 0 Å². The molecule has 0 fully saturated rings. The van der Waals surface area contributed by atoms with E-state index in [4.69, 9.17) is 58.0 Å². The number of hydrogen-bond donors (Lipinski definition) is 0. The van der Waals surface area contributed by atoms with Crippen molar-refractivity contribution in [2.45, 2.75) is 0 Å². The van der Waals surface area contributed by atoms with E-state index < -0.39 is 11.6 Å². The molecule has 0 amide bonds. The van der Waals surface area contributed by atoms with Gasteiger partial charge in [-0.15, -0.1) is 0 Å². The summed E-state index contributed by atoms with van der Waals surface area (Å²) in [5, 5.41) is 0.0417. The van der Waals surface area contributed by atoms with Gasteiger partial charge in [0.2, 0.25) is 0 Å². The summed E-state index contributed by atoms with van der Waals surface area (Å²) in [5.74, 6) is -0.908. The lowest BCUT2D eigenvalue weighted by atomic mass is 9.84. The summed E-state index contributed by atoms with van der Waals surface area (Å²) in [6.07, 6.45) is 0. The summed E-state index contributed by atoms with van der Waals surface area (Å²) in [4.78, 5) is 25.1. The summed E-state index contributed by atoms with van der Waals surface area (Å²) in [5.41, 5.74) is 0.288. The minimum Gasteiger partial charge on any atom is -0.289 e. The zero-order valence-corrected chi connectivity index (χ0v) is 13.7. The van der Waals surface area contributed by atoms with Crippen LogP contribution >= 0.6 is 58.0 Å². The fourth-order valence-electron chi connectivity index (χ4n) is 2.23. The number of hydrogen-bond acceptors (Lipinski definition) is 2. The third-order valence-corrected chi connectivity index (χ3v) is 5.23. The smallest absolute Gasteiger partial charge is 0.196 e. The topological polar surface area (TPSA) is 34.1 Å². The average molecular weight is 380 g/mol. The van der Waals surface area contributed by atoms with Gasteiger partial charge in [-0.2, -0.15) is 0 Å². The highest BCUT2D eigenvalue weighted by Gasteiger charge is 2.36. The molecule has 1 aliphatic carbocycles. The number of carbonyl (C=O) groups excluding carboxylic acids is 2. The van der Waals surface area contributed by atoms with Crippen molar-refractivity contribution in [2.24, 2.45) is 0 Å². The molecule has 0 radical (unpaired) electrons. The van der Waals surface area contributed by atoms with E-state index in [-0.39, 0.29) is 42.3 Å². The largest absolute Gasteiger partial charge is 0.289 e. The fourth-order valence-corrected chi connectivity index (χ4v) is 3.43. The standard InChI is InChI=1S/C14H3Cl5O2/c15-4-1-2-5-6(3-4)14(21)8-7(13(5)20)9(16)11(18)12(19)10(8)17/h1-3H. The Morgan fingerprint density at radius 3 is 1.62 bits per heavy atom. The first-order chi connectivity index (χ1) is 9.84. The maximum atomic E-state index is 12.6. The molecular weight excluding hydrogens is 377 g/mol. The monoisotopic (exact) mass is 378 g/mol. The maximum Gasteiger partial charge on any atom is 0.196 e. The second kappa shape index (κ2) is 5.15. The van der Waals surface area contributed by atoms with Crippen LogP contribution in [0.5, 0.6) is 0 Å². The van der Waals surface area contributed by atoms with Crippen LogP contribution in [-0.2, 0) is 0 Å². The van der Waals surface area contributed by atoms with Crippen LogP contribution in [0.1, 0.15) is 31.8 Å². The molecule has 21 heavy (non-hydrogen) atoms. The van der Waals surface area contributed by atoms with E-state index in [0.717, 1.165) is 0 Å². The van der Waals surface area contributed by atoms with Gasteiger partial charge in [0, 0.05) is 16.1 Å². The van der Waals surface area contributed by atoms with Crippen molar-refractivity contribution in [3.63, 3.8) is 0 Å². The molecule has 0 atom stereocenters. The molecule has 2 nitrogen and oxygen atoms in total. The number of halogens is 5. The quantitative estimate of drug-likeness (QED) is 0.369. The van der Waals surface area contributed by atoms with Crippen molar-refractivity contribution in [1.82, 2.24) is 0 Å².